The van der Waals surface area contributed by atoms with Crippen molar-refractivity contribution in [2.24, 2.45) is 0 Å². The summed E-state index contributed by atoms with van der Waals surface area (Å²) in [6.45, 7) is 2.40. The van der Waals surface area contributed by atoms with E-state index in [1.165, 1.54) is 0 Å². The number of carbonyl (C=O) groups excluding carboxylic acids is 2. The highest BCUT2D eigenvalue weighted by Gasteiger charge is 2.22. The number of nitrogens with zero attached hydrogens (tertiary/aromatic N) is 1. The zero-order valence-corrected chi connectivity index (χ0v) is 17.4. The average molecular weight is 384 g/mol. The summed E-state index contributed by atoms with van der Waals surface area (Å²) in [7, 11) is 5.73. The second kappa shape index (κ2) is 14.4. The number of rotatable bonds is 15. The molecule has 0 radical (unpaired) electrons. The van der Waals surface area contributed by atoms with Crippen molar-refractivity contribution in [2.75, 3.05) is 27.7 Å². The summed E-state index contributed by atoms with van der Waals surface area (Å²) in [4.78, 5) is 22.8. The molecule has 0 fully saturated rings. The number of carboxylic acids is 1. The number of carbonyl (C=O) groups is 2. The van der Waals surface area contributed by atoms with Gasteiger partial charge in [-0.15, -0.1) is 0 Å². The van der Waals surface area contributed by atoms with Gasteiger partial charge < -0.3 is 24.2 Å². The lowest BCUT2D eigenvalue weighted by atomic mass is 10.1. The molecule has 0 aliphatic rings. The number of aliphatic hydroxyl groups is 1. The van der Waals surface area contributed by atoms with Crippen LogP contribution in [-0.4, -0.2) is 61.4 Å². The molecule has 1 N–H and O–H groups in total. The normalized spacial score (nSPS) is 14.6. The predicted octanol–water partition coefficient (Wildman–Crippen LogP) is 1.97. The van der Waals surface area contributed by atoms with Gasteiger partial charge in [0.2, 0.25) is 0 Å². The zero-order chi connectivity index (χ0) is 20.7. The molecule has 0 spiro atoms. The number of carboxylic acid groups (broad SMARTS) is 1. The summed E-state index contributed by atoms with van der Waals surface area (Å²) < 4.78 is 5.80. The number of likely N-dealkylation sites (N-methyl/N-ethyl adjacent to an activating group) is 1. The largest absolute Gasteiger partial charge is 0.550 e. The van der Waals surface area contributed by atoms with E-state index in [1.54, 1.807) is 0 Å². The molecule has 2 atom stereocenters. The fraction of sp³-hybridized carbons (Fsp3) is 0.714. The van der Waals surface area contributed by atoms with E-state index >= 15 is 0 Å². The van der Waals surface area contributed by atoms with Crippen molar-refractivity contribution >= 4 is 11.9 Å². The van der Waals surface area contributed by atoms with Crippen LogP contribution in [0.1, 0.15) is 58.3 Å². The molecule has 0 aliphatic heterocycles. The lowest BCUT2D eigenvalue weighted by Crippen LogP contribution is -2.45. The first kappa shape index (κ1) is 25.3. The molecule has 0 rings (SSSR count). The van der Waals surface area contributed by atoms with Gasteiger partial charge in [-0.3, -0.25) is 4.79 Å². The van der Waals surface area contributed by atoms with Crippen molar-refractivity contribution in [3.05, 3.63) is 24.3 Å². The fourth-order valence-corrected chi connectivity index (χ4v) is 2.70. The van der Waals surface area contributed by atoms with Gasteiger partial charge in [0, 0.05) is 18.8 Å². The summed E-state index contributed by atoms with van der Waals surface area (Å²) in [5.41, 5.74) is 0. The highest BCUT2D eigenvalue weighted by atomic mass is 16.5. The van der Waals surface area contributed by atoms with Crippen molar-refractivity contribution in [2.45, 2.75) is 70.5 Å². The van der Waals surface area contributed by atoms with Crippen LogP contribution in [0.25, 0.3) is 0 Å². The minimum atomic E-state index is -1.22. The smallest absolute Gasteiger partial charge is 0.306 e. The summed E-state index contributed by atoms with van der Waals surface area (Å²) in [6, 6.07) is 0. The van der Waals surface area contributed by atoms with Crippen LogP contribution >= 0.6 is 0 Å². The Labute approximate surface area is 164 Å². The molecule has 0 aromatic carbocycles. The maximum atomic E-state index is 11.9. The quantitative estimate of drug-likeness (QED) is 0.202. The molecule has 27 heavy (non-hydrogen) atoms. The third-order valence-electron chi connectivity index (χ3n) is 3.95. The number of esters is 1. The lowest BCUT2D eigenvalue weighted by molar-refractivity contribution is -0.873. The zero-order valence-electron chi connectivity index (χ0n) is 17.4. The van der Waals surface area contributed by atoms with E-state index in [0.717, 1.165) is 19.3 Å². The predicted molar refractivity (Wildman–Crippen MR) is 105 cm³/mol. The number of ether oxygens (including phenoxy) is 1. The molecular formula is C21H37NO5. The second-order valence-electron chi connectivity index (χ2n) is 7.91. The first-order chi connectivity index (χ1) is 12.6. The van der Waals surface area contributed by atoms with Crippen LogP contribution in [0, 0.1) is 0 Å². The first-order valence-corrected chi connectivity index (χ1v) is 9.78. The van der Waals surface area contributed by atoms with E-state index in [1.807, 2.05) is 34.1 Å². The second-order valence-corrected chi connectivity index (χ2v) is 7.91. The van der Waals surface area contributed by atoms with Gasteiger partial charge in [-0.2, -0.15) is 0 Å². The molecule has 0 aromatic rings. The van der Waals surface area contributed by atoms with Gasteiger partial charge in [0.05, 0.1) is 27.2 Å². The highest BCUT2D eigenvalue weighted by molar-refractivity contribution is 5.70. The van der Waals surface area contributed by atoms with E-state index in [9.17, 15) is 19.8 Å². The molecule has 0 amide bonds. The number of allylic oxidation sites excluding steroid dienone is 4. The Hall–Kier alpha value is -1.66. The molecule has 2 unspecified atom stereocenters. The number of aliphatic hydroxyl groups excluding tert-OH is 1. The highest BCUT2D eigenvalue weighted by Crippen LogP contribution is 2.11. The van der Waals surface area contributed by atoms with Gasteiger partial charge in [0.15, 0.2) is 6.10 Å². The van der Waals surface area contributed by atoms with Gasteiger partial charge in [0.1, 0.15) is 6.54 Å². The van der Waals surface area contributed by atoms with Gasteiger partial charge in [-0.25, -0.2) is 0 Å². The standard InChI is InChI=1S/C21H37NO5/c1-5-6-7-8-9-10-13-18(23)14-11-12-15-21(26)27-19(16-20(24)25)17-22(2,3)4/h5-6,8-9,18-19,23H,7,10-17H2,1-4H3/b6-5+,9-8+. The average Bonchev–Trinajstić information content (AvgIpc) is 2.52. The van der Waals surface area contributed by atoms with Crippen LogP contribution in [0.2, 0.25) is 0 Å². The summed E-state index contributed by atoms with van der Waals surface area (Å²) in [5, 5.41) is 20.8. The number of quaternary nitrogens is 1. The lowest BCUT2D eigenvalue weighted by Gasteiger charge is -2.29. The van der Waals surface area contributed by atoms with E-state index < -0.39 is 18.0 Å². The van der Waals surface area contributed by atoms with Crippen molar-refractivity contribution < 1.29 is 29.0 Å². The van der Waals surface area contributed by atoms with Gasteiger partial charge in [0.25, 0.3) is 0 Å². The van der Waals surface area contributed by atoms with Crippen molar-refractivity contribution in [3.63, 3.8) is 0 Å². The van der Waals surface area contributed by atoms with Gasteiger partial charge in [-0.05, 0) is 39.0 Å². The Kier molecular flexibility index (Phi) is 13.5. The Morgan fingerprint density at radius 3 is 2.41 bits per heavy atom. The molecule has 0 bridgehead atoms. The van der Waals surface area contributed by atoms with Crippen molar-refractivity contribution in [1.29, 1.82) is 0 Å². The van der Waals surface area contributed by atoms with E-state index in [2.05, 4.69) is 18.2 Å². The summed E-state index contributed by atoms with van der Waals surface area (Å²) >= 11 is 0. The SMILES string of the molecule is C/C=C/C/C=C/CCC(O)CCCCC(=O)OC(CC(=O)[O-])C[N+](C)(C)C. The molecule has 156 valence electrons. The minimum absolute atomic E-state index is 0.233. The maximum absolute atomic E-state index is 11.9. The molecule has 0 aliphatic carbocycles. The summed E-state index contributed by atoms with van der Waals surface area (Å²) in [6.07, 6.45) is 11.6. The molecule has 0 aromatic heterocycles. The first-order valence-electron chi connectivity index (χ1n) is 9.78. The van der Waals surface area contributed by atoms with Crippen LogP contribution in [0.3, 0.4) is 0 Å². The van der Waals surface area contributed by atoms with E-state index in [0.29, 0.717) is 30.3 Å². The Morgan fingerprint density at radius 1 is 1.11 bits per heavy atom. The van der Waals surface area contributed by atoms with E-state index in [-0.39, 0.29) is 18.9 Å². The minimum Gasteiger partial charge on any atom is -0.550 e. The molecule has 0 saturated carbocycles. The van der Waals surface area contributed by atoms with Crippen molar-refractivity contribution in [1.82, 2.24) is 0 Å². The molecular weight excluding hydrogens is 346 g/mol. The van der Waals surface area contributed by atoms with Gasteiger partial charge in [-0.1, -0.05) is 30.7 Å². The Balaban J connectivity index is 3.99. The summed E-state index contributed by atoms with van der Waals surface area (Å²) in [5.74, 6) is -1.61. The topological polar surface area (TPSA) is 86.7 Å². The van der Waals surface area contributed by atoms with E-state index in [4.69, 9.17) is 4.74 Å². The van der Waals surface area contributed by atoms with Crippen LogP contribution < -0.4 is 5.11 Å². The number of unbranched alkanes of at least 4 members (excludes halogenated alkanes) is 1. The molecule has 6 nitrogen and oxygen atoms in total. The van der Waals surface area contributed by atoms with Gasteiger partial charge >= 0.3 is 5.97 Å². The number of hydrogen-bond donors (Lipinski definition) is 1. The third kappa shape index (κ3) is 17.5. The third-order valence-corrected chi connectivity index (χ3v) is 3.95. The molecule has 0 heterocycles. The van der Waals surface area contributed by atoms with Crippen molar-refractivity contribution in [3.8, 4) is 0 Å². The Morgan fingerprint density at radius 2 is 1.81 bits per heavy atom. The number of aliphatic carboxylic acids is 1. The van der Waals surface area contributed by atoms with Crippen LogP contribution in [0.15, 0.2) is 24.3 Å². The monoisotopic (exact) mass is 383 g/mol. The molecule has 0 saturated heterocycles. The number of hydrogen-bond acceptors (Lipinski definition) is 5. The van der Waals surface area contributed by atoms with Crippen LogP contribution in [0.5, 0.6) is 0 Å². The van der Waals surface area contributed by atoms with Crippen LogP contribution in [-0.2, 0) is 14.3 Å². The van der Waals surface area contributed by atoms with Crippen LogP contribution in [0.4, 0.5) is 0 Å². The Bertz CT molecular complexity index is 479. The maximum Gasteiger partial charge on any atom is 0.306 e. The molecule has 6 heteroatoms. The fourth-order valence-electron chi connectivity index (χ4n) is 2.70.